The van der Waals surface area contributed by atoms with Crippen LogP contribution in [0.1, 0.15) is 10.4 Å². The molecule has 0 atom stereocenters. The number of benzene rings is 2. The molecule has 0 aliphatic carbocycles. The summed E-state index contributed by atoms with van der Waals surface area (Å²) in [5.74, 6) is -1.05. The average molecular weight is 387 g/mol. The van der Waals surface area contributed by atoms with Gasteiger partial charge in [0.15, 0.2) is 0 Å². The third-order valence-electron chi connectivity index (χ3n) is 2.98. The molecule has 1 N–H and O–H groups in total. The van der Waals surface area contributed by atoms with Crippen molar-refractivity contribution in [3.63, 3.8) is 0 Å². The lowest BCUT2D eigenvalue weighted by Crippen LogP contribution is -2.12. The molecule has 3 aromatic rings. The van der Waals surface area contributed by atoms with Gasteiger partial charge in [0.25, 0.3) is 11.8 Å². The van der Waals surface area contributed by atoms with Crippen LogP contribution in [0.15, 0.2) is 40.8 Å². The first-order chi connectivity index (χ1) is 11.4. The maximum atomic E-state index is 13.0. The zero-order valence-electron chi connectivity index (χ0n) is 11.7. The van der Waals surface area contributed by atoms with Gasteiger partial charge in [0.05, 0.1) is 21.2 Å². The quantitative estimate of drug-likeness (QED) is 0.681. The van der Waals surface area contributed by atoms with Gasteiger partial charge in [0.1, 0.15) is 5.82 Å². The van der Waals surface area contributed by atoms with Gasteiger partial charge in [-0.3, -0.25) is 10.1 Å². The van der Waals surface area contributed by atoms with Crippen LogP contribution in [0.2, 0.25) is 15.1 Å². The molecule has 122 valence electrons. The number of aromatic nitrogens is 2. The Balaban J connectivity index is 1.82. The number of hydrogen-bond acceptors (Lipinski definition) is 4. The number of amides is 1. The number of anilines is 1. The van der Waals surface area contributed by atoms with E-state index in [4.69, 9.17) is 39.2 Å². The number of nitrogens with one attached hydrogen (secondary N) is 1. The average Bonchev–Trinajstić information content (AvgIpc) is 2.95. The summed E-state index contributed by atoms with van der Waals surface area (Å²) in [5, 5.41) is 10.7. The number of rotatable bonds is 3. The van der Waals surface area contributed by atoms with E-state index < -0.39 is 11.7 Å². The molecule has 0 bridgehead atoms. The highest BCUT2D eigenvalue weighted by atomic mass is 35.5. The molecule has 5 nitrogen and oxygen atoms in total. The Morgan fingerprint density at radius 1 is 1.04 bits per heavy atom. The third kappa shape index (κ3) is 3.51. The second-order valence-electron chi connectivity index (χ2n) is 4.61. The van der Waals surface area contributed by atoms with Crippen LogP contribution >= 0.6 is 34.8 Å². The minimum absolute atomic E-state index is 0.0343. The molecular weight excluding hydrogens is 380 g/mol. The molecule has 1 amide bonds. The van der Waals surface area contributed by atoms with Crippen molar-refractivity contribution in [2.24, 2.45) is 0 Å². The van der Waals surface area contributed by atoms with Crippen molar-refractivity contribution in [3.05, 3.63) is 62.8 Å². The van der Waals surface area contributed by atoms with E-state index in [2.05, 4.69) is 15.5 Å². The van der Waals surface area contributed by atoms with E-state index in [1.54, 1.807) is 12.1 Å². The van der Waals surface area contributed by atoms with Gasteiger partial charge in [-0.1, -0.05) is 39.9 Å². The summed E-state index contributed by atoms with van der Waals surface area (Å²) in [6.07, 6.45) is 0. The van der Waals surface area contributed by atoms with Crippen LogP contribution < -0.4 is 5.32 Å². The van der Waals surface area contributed by atoms with Gasteiger partial charge in [-0.05, 0) is 36.4 Å². The second-order valence-corrected chi connectivity index (χ2v) is 5.87. The molecule has 9 heteroatoms. The highest BCUT2D eigenvalue weighted by molar-refractivity contribution is 6.36. The normalized spacial score (nSPS) is 10.7. The fraction of sp³-hybridized carbons (Fsp3) is 0. The van der Waals surface area contributed by atoms with E-state index >= 15 is 0 Å². The molecule has 3 rings (SSSR count). The minimum Gasteiger partial charge on any atom is -0.403 e. The van der Waals surface area contributed by atoms with Crippen molar-refractivity contribution in [2.75, 3.05) is 5.32 Å². The molecule has 0 saturated carbocycles. The van der Waals surface area contributed by atoms with E-state index in [1.807, 2.05) is 0 Å². The predicted molar refractivity (Wildman–Crippen MR) is 89.1 cm³/mol. The summed E-state index contributed by atoms with van der Waals surface area (Å²) in [5.41, 5.74) is 0.538. The molecule has 0 saturated heterocycles. The van der Waals surface area contributed by atoms with Crippen molar-refractivity contribution in [3.8, 4) is 11.5 Å². The molecule has 1 heterocycles. The summed E-state index contributed by atoms with van der Waals surface area (Å²) in [4.78, 5) is 12.1. The Kier molecular flexibility index (Phi) is 4.71. The van der Waals surface area contributed by atoms with Crippen LogP contribution in [0.5, 0.6) is 0 Å². The van der Waals surface area contributed by atoms with E-state index in [0.717, 1.165) is 12.1 Å². The second kappa shape index (κ2) is 6.76. The zero-order valence-corrected chi connectivity index (χ0v) is 14.0. The fourth-order valence-electron chi connectivity index (χ4n) is 1.88. The first-order valence-corrected chi connectivity index (χ1v) is 7.63. The van der Waals surface area contributed by atoms with Crippen LogP contribution in [0, 0.1) is 5.82 Å². The number of carbonyl (C=O) groups excluding carboxylic acids is 1. The molecule has 2 aromatic carbocycles. The molecule has 0 radical (unpaired) electrons. The van der Waals surface area contributed by atoms with E-state index in [9.17, 15) is 9.18 Å². The Hall–Kier alpha value is -2.15. The largest absolute Gasteiger partial charge is 0.403 e. The minimum atomic E-state index is -0.614. The summed E-state index contributed by atoms with van der Waals surface area (Å²) in [6.45, 7) is 0. The van der Waals surface area contributed by atoms with Crippen LogP contribution in [0.25, 0.3) is 11.5 Å². The summed E-state index contributed by atoms with van der Waals surface area (Å²) in [6, 6.07) is 8.00. The summed E-state index contributed by atoms with van der Waals surface area (Å²) < 4.78 is 18.4. The van der Waals surface area contributed by atoms with Crippen molar-refractivity contribution in [2.45, 2.75) is 0 Å². The van der Waals surface area contributed by atoms with Gasteiger partial charge >= 0.3 is 6.01 Å². The van der Waals surface area contributed by atoms with Gasteiger partial charge < -0.3 is 4.42 Å². The standard InChI is InChI=1S/C15H7Cl3FN3O2/c16-7-1-3-10(11(17)5-7)14-21-22-15(24-14)20-13(23)9-4-2-8(19)6-12(9)18/h1-6H,(H,20,22,23). The van der Waals surface area contributed by atoms with Crippen molar-refractivity contribution in [1.82, 2.24) is 10.2 Å². The monoisotopic (exact) mass is 385 g/mol. The lowest BCUT2D eigenvalue weighted by Gasteiger charge is -2.03. The van der Waals surface area contributed by atoms with E-state index in [1.165, 1.54) is 12.1 Å². The maximum Gasteiger partial charge on any atom is 0.322 e. The fourth-order valence-corrected chi connectivity index (χ4v) is 2.63. The van der Waals surface area contributed by atoms with Gasteiger partial charge in [-0.2, -0.15) is 0 Å². The highest BCUT2D eigenvalue weighted by Gasteiger charge is 2.17. The van der Waals surface area contributed by atoms with Gasteiger partial charge in [0.2, 0.25) is 0 Å². The highest BCUT2D eigenvalue weighted by Crippen LogP contribution is 2.30. The topological polar surface area (TPSA) is 68.0 Å². The maximum absolute atomic E-state index is 13.0. The predicted octanol–water partition coefficient (Wildman–Crippen LogP) is 5.09. The molecular formula is C15H7Cl3FN3O2. The first kappa shape index (κ1) is 16.7. The number of carbonyl (C=O) groups is 1. The van der Waals surface area contributed by atoms with Gasteiger partial charge in [-0.15, -0.1) is 5.10 Å². The summed E-state index contributed by atoms with van der Waals surface area (Å²) >= 11 is 17.7. The van der Waals surface area contributed by atoms with E-state index in [-0.39, 0.29) is 22.5 Å². The molecule has 0 fully saturated rings. The third-order valence-corrected chi connectivity index (χ3v) is 3.84. The van der Waals surface area contributed by atoms with Crippen LogP contribution in [0.4, 0.5) is 10.4 Å². The molecule has 0 aliphatic rings. The SMILES string of the molecule is O=C(Nc1nnc(-c2ccc(Cl)cc2Cl)o1)c1ccc(F)cc1Cl. The number of nitrogens with zero attached hydrogens (tertiary/aromatic N) is 2. The Morgan fingerprint density at radius 3 is 2.54 bits per heavy atom. The molecule has 1 aromatic heterocycles. The Bertz CT molecular complexity index is 930. The van der Waals surface area contributed by atoms with E-state index in [0.29, 0.717) is 15.6 Å². The number of halogens is 4. The van der Waals surface area contributed by atoms with Crippen LogP contribution in [0.3, 0.4) is 0 Å². The lowest BCUT2D eigenvalue weighted by atomic mass is 10.2. The Morgan fingerprint density at radius 2 is 1.83 bits per heavy atom. The summed E-state index contributed by atoms with van der Waals surface area (Å²) in [7, 11) is 0. The van der Waals surface area contributed by atoms with Crippen molar-refractivity contribution < 1.29 is 13.6 Å². The van der Waals surface area contributed by atoms with Crippen molar-refractivity contribution in [1.29, 1.82) is 0 Å². The zero-order chi connectivity index (χ0) is 17.3. The molecule has 0 aliphatic heterocycles. The lowest BCUT2D eigenvalue weighted by molar-refractivity contribution is 0.102. The van der Waals surface area contributed by atoms with Gasteiger partial charge in [0, 0.05) is 5.02 Å². The molecule has 0 unspecified atom stereocenters. The Labute approximate surface area is 150 Å². The van der Waals surface area contributed by atoms with Crippen LogP contribution in [-0.2, 0) is 0 Å². The molecule has 0 spiro atoms. The number of hydrogen-bond donors (Lipinski definition) is 1. The smallest absolute Gasteiger partial charge is 0.322 e. The van der Waals surface area contributed by atoms with Crippen LogP contribution in [-0.4, -0.2) is 16.1 Å². The van der Waals surface area contributed by atoms with Crippen molar-refractivity contribution >= 4 is 46.7 Å². The van der Waals surface area contributed by atoms with Gasteiger partial charge in [-0.25, -0.2) is 4.39 Å². The first-order valence-electron chi connectivity index (χ1n) is 6.49. The molecule has 24 heavy (non-hydrogen) atoms.